The van der Waals surface area contributed by atoms with Crippen LogP contribution in [0, 0.1) is 6.92 Å². The van der Waals surface area contributed by atoms with Crippen LogP contribution in [0.1, 0.15) is 11.3 Å². The molecule has 3 rings (SSSR count). The number of nitrogens with zero attached hydrogens (tertiary/aromatic N) is 1. The first-order valence-electron chi connectivity index (χ1n) is 6.68. The summed E-state index contributed by atoms with van der Waals surface area (Å²) < 4.78 is 7.06. The Morgan fingerprint density at radius 3 is 2.67 bits per heavy atom. The lowest BCUT2D eigenvalue weighted by molar-refractivity contribution is 0.475. The van der Waals surface area contributed by atoms with Crippen molar-refractivity contribution in [3.8, 4) is 11.5 Å². The highest BCUT2D eigenvalue weighted by molar-refractivity contribution is 9.10. The van der Waals surface area contributed by atoms with Crippen molar-refractivity contribution >= 4 is 26.7 Å². The van der Waals surface area contributed by atoms with Gasteiger partial charge in [0, 0.05) is 34.5 Å². The van der Waals surface area contributed by atoms with Gasteiger partial charge in [0.2, 0.25) is 0 Å². The molecule has 0 aliphatic heterocycles. The van der Waals surface area contributed by atoms with Crippen LogP contribution < -0.4 is 10.5 Å². The van der Waals surface area contributed by atoms with Crippen LogP contribution in [0.3, 0.4) is 0 Å². The highest BCUT2D eigenvalue weighted by Gasteiger charge is 2.06. The van der Waals surface area contributed by atoms with Crippen LogP contribution in [-0.4, -0.2) is 4.98 Å². The lowest BCUT2D eigenvalue weighted by atomic mass is 10.1. The predicted octanol–water partition coefficient (Wildman–Crippen LogP) is 4.56. The van der Waals surface area contributed by atoms with Crippen molar-refractivity contribution in [2.45, 2.75) is 13.5 Å². The standard InChI is InChI=1S/C17H15BrN2O/c1-11-6-17(14(9-19)10-20-11)21-16-5-3-12-7-15(18)4-2-13(12)8-16/h2-8,10H,9,19H2,1H3. The zero-order chi connectivity index (χ0) is 14.8. The predicted molar refractivity (Wildman–Crippen MR) is 88.6 cm³/mol. The van der Waals surface area contributed by atoms with E-state index in [1.165, 1.54) is 5.39 Å². The van der Waals surface area contributed by atoms with E-state index in [1.54, 1.807) is 6.20 Å². The topological polar surface area (TPSA) is 48.1 Å². The quantitative estimate of drug-likeness (QED) is 0.759. The number of benzene rings is 2. The van der Waals surface area contributed by atoms with Gasteiger partial charge in [-0.25, -0.2) is 0 Å². The monoisotopic (exact) mass is 342 g/mol. The minimum atomic E-state index is 0.406. The van der Waals surface area contributed by atoms with E-state index in [-0.39, 0.29) is 0 Å². The molecule has 0 amide bonds. The van der Waals surface area contributed by atoms with Crippen molar-refractivity contribution < 1.29 is 4.74 Å². The maximum atomic E-state index is 5.99. The van der Waals surface area contributed by atoms with Crippen LogP contribution in [0.15, 0.2) is 53.1 Å². The van der Waals surface area contributed by atoms with Gasteiger partial charge in [0.05, 0.1) is 0 Å². The fraction of sp³-hybridized carbons (Fsp3) is 0.118. The molecular formula is C17H15BrN2O. The van der Waals surface area contributed by atoms with E-state index in [1.807, 2.05) is 37.3 Å². The van der Waals surface area contributed by atoms with Crippen molar-refractivity contribution in [1.29, 1.82) is 0 Å². The smallest absolute Gasteiger partial charge is 0.135 e. The third-order valence-electron chi connectivity index (χ3n) is 3.30. The van der Waals surface area contributed by atoms with E-state index in [0.29, 0.717) is 6.54 Å². The number of halogens is 1. The van der Waals surface area contributed by atoms with Gasteiger partial charge in [0.15, 0.2) is 0 Å². The van der Waals surface area contributed by atoms with Crippen molar-refractivity contribution in [3.05, 3.63) is 64.4 Å². The average Bonchev–Trinajstić information content (AvgIpc) is 2.48. The third-order valence-corrected chi connectivity index (χ3v) is 3.80. The summed E-state index contributed by atoms with van der Waals surface area (Å²) in [7, 11) is 0. The third kappa shape index (κ3) is 3.06. The van der Waals surface area contributed by atoms with Gasteiger partial charge in [-0.15, -0.1) is 0 Å². The van der Waals surface area contributed by atoms with E-state index < -0.39 is 0 Å². The van der Waals surface area contributed by atoms with Crippen LogP contribution in [0.25, 0.3) is 10.8 Å². The Morgan fingerprint density at radius 2 is 1.86 bits per heavy atom. The average molecular weight is 343 g/mol. The van der Waals surface area contributed by atoms with E-state index >= 15 is 0 Å². The summed E-state index contributed by atoms with van der Waals surface area (Å²) in [5.41, 5.74) is 7.55. The molecule has 0 saturated carbocycles. The molecule has 0 unspecified atom stereocenters. The second-order valence-corrected chi connectivity index (χ2v) is 5.81. The molecule has 2 N–H and O–H groups in total. The van der Waals surface area contributed by atoms with Crippen molar-refractivity contribution in [2.75, 3.05) is 0 Å². The number of ether oxygens (including phenoxy) is 1. The van der Waals surface area contributed by atoms with Gasteiger partial charge in [-0.2, -0.15) is 0 Å². The van der Waals surface area contributed by atoms with E-state index in [9.17, 15) is 0 Å². The summed E-state index contributed by atoms with van der Waals surface area (Å²) in [4.78, 5) is 4.25. The van der Waals surface area contributed by atoms with Crippen LogP contribution in [0.2, 0.25) is 0 Å². The molecule has 3 nitrogen and oxygen atoms in total. The first-order chi connectivity index (χ1) is 10.2. The second kappa shape index (κ2) is 5.84. The number of fused-ring (bicyclic) bond motifs is 1. The fourth-order valence-electron chi connectivity index (χ4n) is 2.20. The highest BCUT2D eigenvalue weighted by atomic mass is 79.9. The molecule has 0 atom stereocenters. The molecule has 0 aliphatic carbocycles. The summed E-state index contributed by atoms with van der Waals surface area (Å²) in [5, 5.41) is 2.30. The minimum absolute atomic E-state index is 0.406. The van der Waals surface area contributed by atoms with Crippen molar-refractivity contribution in [2.24, 2.45) is 5.73 Å². The molecule has 2 aromatic carbocycles. The second-order valence-electron chi connectivity index (χ2n) is 4.89. The Morgan fingerprint density at radius 1 is 1.10 bits per heavy atom. The van der Waals surface area contributed by atoms with Gasteiger partial charge in [-0.1, -0.05) is 28.1 Å². The Balaban J connectivity index is 1.98. The van der Waals surface area contributed by atoms with Crippen molar-refractivity contribution in [3.63, 3.8) is 0 Å². The molecule has 0 aliphatic rings. The maximum absolute atomic E-state index is 5.99. The molecule has 21 heavy (non-hydrogen) atoms. The summed E-state index contributed by atoms with van der Waals surface area (Å²) in [6.07, 6.45) is 1.77. The van der Waals surface area contributed by atoms with Gasteiger partial charge in [-0.05, 0) is 42.0 Å². The fourth-order valence-corrected chi connectivity index (χ4v) is 2.58. The van der Waals surface area contributed by atoms with Crippen LogP contribution in [0.5, 0.6) is 11.5 Å². The van der Waals surface area contributed by atoms with Gasteiger partial charge in [-0.3, -0.25) is 4.98 Å². The number of hydrogen-bond donors (Lipinski definition) is 1. The molecular weight excluding hydrogens is 328 g/mol. The molecule has 4 heteroatoms. The summed E-state index contributed by atoms with van der Waals surface area (Å²) >= 11 is 3.48. The number of hydrogen-bond acceptors (Lipinski definition) is 3. The van der Waals surface area contributed by atoms with Crippen LogP contribution >= 0.6 is 15.9 Å². The molecule has 0 bridgehead atoms. The normalized spacial score (nSPS) is 10.8. The molecule has 0 fully saturated rings. The van der Waals surface area contributed by atoms with Gasteiger partial charge < -0.3 is 10.5 Å². The molecule has 0 radical (unpaired) electrons. The van der Waals surface area contributed by atoms with E-state index in [0.717, 1.165) is 32.6 Å². The van der Waals surface area contributed by atoms with Gasteiger partial charge >= 0.3 is 0 Å². The number of aromatic nitrogens is 1. The number of pyridine rings is 1. The summed E-state index contributed by atoms with van der Waals surface area (Å²) in [6, 6.07) is 14.1. The molecule has 1 aromatic heterocycles. The Hall–Kier alpha value is -1.91. The minimum Gasteiger partial charge on any atom is -0.457 e. The Labute approximate surface area is 131 Å². The zero-order valence-electron chi connectivity index (χ0n) is 11.6. The SMILES string of the molecule is Cc1cc(Oc2ccc3cc(Br)ccc3c2)c(CN)cn1. The Kier molecular flexibility index (Phi) is 3.90. The van der Waals surface area contributed by atoms with Crippen LogP contribution in [-0.2, 0) is 6.54 Å². The number of nitrogens with two attached hydrogens (primary N) is 1. The molecule has 3 aromatic rings. The number of rotatable bonds is 3. The highest BCUT2D eigenvalue weighted by Crippen LogP contribution is 2.29. The molecule has 0 spiro atoms. The van der Waals surface area contributed by atoms with Crippen LogP contribution in [0.4, 0.5) is 0 Å². The Bertz CT molecular complexity index is 802. The van der Waals surface area contributed by atoms with E-state index in [2.05, 4.69) is 33.0 Å². The maximum Gasteiger partial charge on any atom is 0.135 e. The van der Waals surface area contributed by atoms with Gasteiger partial charge in [0.25, 0.3) is 0 Å². The lowest BCUT2D eigenvalue weighted by Crippen LogP contribution is -2.01. The first kappa shape index (κ1) is 14.0. The largest absolute Gasteiger partial charge is 0.457 e. The zero-order valence-corrected chi connectivity index (χ0v) is 13.2. The molecule has 106 valence electrons. The van der Waals surface area contributed by atoms with E-state index in [4.69, 9.17) is 10.5 Å². The van der Waals surface area contributed by atoms with Crippen molar-refractivity contribution in [1.82, 2.24) is 4.98 Å². The lowest BCUT2D eigenvalue weighted by Gasteiger charge is -2.11. The van der Waals surface area contributed by atoms with Gasteiger partial charge in [0.1, 0.15) is 11.5 Å². The molecule has 1 heterocycles. The first-order valence-corrected chi connectivity index (χ1v) is 7.48. The summed E-state index contributed by atoms with van der Waals surface area (Å²) in [5.74, 6) is 1.56. The molecule has 0 saturated heterocycles. The summed E-state index contributed by atoms with van der Waals surface area (Å²) in [6.45, 7) is 2.34. The number of aryl methyl sites for hydroxylation is 1.